The van der Waals surface area contributed by atoms with Crippen molar-refractivity contribution in [1.29, 1.82) is 0 Å². The van der Waals surface area contributed by atoms with Gasteiger partial charge in [-0.05, 0) is 53.9 Å². The molecule has 0 amide bonds. The number of hydrogen-bond acceptors (Lipinski definition) is 7. The fraction of sp³-hybridized carbons (Fsp3) is 0.259. The van der Waals surface area contributed by atoms with Gasteiger partial charge < -0.3 is 34.8 Å². The number of aliphatic hydroxyl groups excluding tert-OH is 1. The minimum Gasteiger partial charge on any atom is -0.493 e. The first kappa shape index (κ1) is 28.2. The number of carbonyl (C=O) groups is 2. The summed E-state index contributed by atoms with van der Waals surface area (Å²) in [4.78, 5) is 18.2. The minimum atomic E-state index is -1.82. The topological polar surface area (TPSA) is 135 Å². The first-order valence-electron chi connectivity index (χ1n) is 11.2. The number of nitrogens with one attached hydrogen (secondary N) is 1. The predicted molar refractivity (Wildman–Crippen MR) is 135 cm³/mol. The zero-order valence-corrected chi connectivity index (χ0v) is 20.2. The molecule has 0 saturated carbocycles. The molecule has 0 fully saturated rings. The Bertz CT molecular complexity index is 1070. The molecule has 36 heavy (non-hydrogen) atoms. The highest BCUT2D eigenvalue weighted by Gasteiger charge is 2.07. The summed E-state index contributed by atoms with van der Waals surface area (Å²) in [6.45, 7) is 1.46. The van der Waals surface area contributed by atoms with Gasteiger partial charge in [-0.3, -0.25) is 0 Å². The number of aliphatic hydroxyl groups is 1. The summed E-state index contributed by atoms with van der Waals surface area (Å²) in [5, 5.41) is 28.2. The number of carboxylic acids is 2. The van der Waals surface area contributed by atoms with E-state index in [2.05, 4.69) is 17.4 Å². The van der Waals surface area contributed by atoms with E-state index in [0.717, 1.165) is 41.3 Å². The lowest BCUT2D eigenvalue weighted by Crippen LogP contribution is -2.32. The van der Waals surface area contributed by atoms with E-state index in [9.17, 15) is 5.11 Å². The third kappa shape index (κ3) is 9.65. The highest BCUT2D eigenvalue weighted by atomic mass is 16.5. The molecule has 3 aromatic rings. The van der Waals surface area contributed by atoms with Gasteiger partial charge in [-0.15, -0.1) is 0 Å². The summed E-state index contributed by atoms with van der Waals surface area (Å²) < 4.78 is 16.3. The van der Waals surface area contributed by atoms with E-state index in [1.54, 1.807) is 14.2 Å². The number of methoxy groups -OCH3 is 2. The molecule has 4 N–H and O–H groups in total. The Balaban J connectivity index is 0.000000678. The zero-order valence-electron chi connectivity index (χ0n) is 20.2. The summed E-state index contributed by atoms with van der Waals surface area (Å²) in [7, 11) is 3.26. The Hall–Kier alpha value is -4.08. The van der Waals surface area contributed by atoms with Crippen molar-refractivity contribution < 1.29 is 39.1 Å². The van der Waals surface area contributed by atoms with E-state index < -0.39 is 18.0 Å². The van der Waals surface area contributed by atoms with Crippen molar-refractivity contribution in [2.45, 2.75) is 12.5 Å². The predicted octanol–water partition coefficient (Wildman–Crippen LogP) is 3.10. The summed E-state index contributed by atoms with van der Waals surface area (Å²) in [5.41, 5.74) is 3.45. The molecular formula is C27H31NO8. The molecular weight excluding hydrogens is 466 g/mol. The number of ether oxygens (including phenoxy) is 3. The normalized spacial score (nSPS) is 11.0. The van der Waals surface area contributed by atoms with Crippen molar-refractivity contribution in [2.75, 3.05) is 33.9 Å². The molecule has 0 aromatic heterocycles. The molecule has 3 rings (SSSR count). The molecule has 9 nitrogen and oxygen atoms in total. The van der Waals surface area contributed by atoms with Gasteiger partial charge in [0.1, 0.15) is 18.5 Å². The van der Waals surface area contributed by atoms with E-state index in [0.29, 0.717) is 6.54 Å². The van der Waals surface area contributed by atoms with Crippen LogP contribution in [0.25, 0.3) is 11.1 Å². The lowest BCUT2D eigenvalue weighted by atomic mass is 10.1. The first-order chi connectivity index (χ1) is 17.3. The highest BCUT2D eigenvalue weighted by Crippen LogP contribution is 2.27. The molecule has 0 heterocycles. The van der Waals surface area contributed by atoms with E-state index >= 15 is 0 Å². The Morgan fingerprint density at radius 1 is 0.833 bits per heavy atom. The number of carboxylic acid groups (broad SMARTS) is 2. The molecule has 0 spiro atoms. The fourth-order valence-electron chi connectivity index (χ4n) is 3.16. The van der Waals surface area contributed by atoms with E-state index in [1.165, 1.54) is 5.56 Å². The Labute approximate surface area is 209 Å². The van der Waals surface area contributed by atoms with Crippen LogP contribution in [0.3, 0.4) is 0 Å². The summed E-state index contributed by atoms with van der Waals surface area (Å²) in [5.74, 6) is -1.45. The van der Waals surface area contributed by atoms with Gasteiger partial charge in [-0.1, -0.05) is 48.5 Å². The van der Waals surface area contributed by atoms with Gasteiger partial charge in [-0.25, -0.2) is 9.59 Å². The van der Waals surface area contributed by atoms with Crippen molar-refractivity contribution in [3.8, 4) is 28.4 Å². The standard InChI is InChI=1S/C25H29NO4.C2H2O4/c1-28-24-13-8-19(16-25(24)29-2)14-15-26-17-22(27)18-30-23-11-9-21(10-12-23)20-6-4-3-5-7-20;3-1(4)2(5)6/h3-13,16,22,26-27H,14-15,17-18H2,1-2H3;(H,3,4)(H,5,6). The zero-order chi connectivity index (χ0) is 26.3. The Morgan fingerprint density at radius 3 is 2.03 bits per heavy atom. The van der Waals surface area contributed by atoms with Gasteiger partial charge in [0.15, 0.2) is 11.5 Å². The van der Waals surface area contributed by atoms with Gasteiger partial charge in [0.2, 0.25) is 0 Å². The molecule has 3 aromatic carbocycles. The number of rotatable bonds is 11. The van der Waals surface area contributed by atoms with Crippen molar-refractivity contribution in [1.82, 2.24) is 5.32 Å². The average molecular weight is 498 g/mol. The Morgan fingerprint density at radius 2 is 1.44 bits per heavy atom. The highest BCUT2D eigenvalue weighted by molar-refractivity contribution is 6.27. The van der Waals surface area contributed by atoms with Gasteiger partial charge in [0.25, 0.3) is 0 Å². The largest absolute Gasteiger partial charge is 0.493 e. The molecule has 192 valence electrons. The van der Waals surface area contributed by atoms with Crippen LogP contribution in [0.5, 0.6) is 17.2 Å². The summed E-state index contributed by atoms with van der Waals surface area (Å²) in [6, 6.07) is 24.0. The quantitative estimate of drug-likeness (QED) is 0.233. The molecule has 0 radical (unpaired) electrons. The lowest BCUT2D eigenvalue weighted by Gasteiger charge is -2.14. The van der Waals surface area contributed by atoms with E-state index in [1.807, 2.05) is 60.7 Å². The maximum atomic E-state index is 10.2. The van der Waals surface area contributed by atoms with Crippen LogP contribution in [0.15, 0.2) is 72.8 Å². The Kier molecular flexibility index (Phi) is 11.8. The maximum absolute atomic E-state index is 10.2. The smallest absolute Gasteiger partial charge is 0.414 e. The fourth-order valence-corrected chi connectivity index (χ4v) is 3.16. The third-order valence-corrected chi connectivity index (χ3v) is 5.01. The number of benzene rings is 3. The van der Waals surface area contributed by atoms with Gasteiger partial charge in [0.05, 0.1) is 14.2 Å². The van der Waals surface area contributed by atoms with Crippen molar-refractivity contribution in [3.05, 3.63) is 78.4 Å². The maximum Gasteiger partial charge on any atom is 0.414 e. The van der Waals surface area contributed by atoms with Crippen LogP contribution >= 0.6 is 0 Å². The van der Waals surface area contributed by atoms with Gasteiger partial charge in [-0.2, -0.15) is 0 Å². The van der Waals surface area contributed by atoms with Crippen LogP contribution in [-0.2, 0) is 16.0 Å². The molecule has 0 saturated heterocycles. The first-order valence-corrected chi connectivity index (χ1v) is 11.2. The van der Waals surface area contributed by atoms with E-state index in [4.69, 9.17) is 34.0 Å². The molecule has 1 atom stereocenters. The molecule has 0 aliphatic carbocycles. The number of hydrogen-bond donors (Lipinski definition) is 4. The number of aliphatic carboxylic acids is 2. The second-order valence-corrected chi connectivity index (χ2v) is 7.61. The lowest BCUT2D eigenvalue weighted by molar-refractivity contribution is -0.159. The third-order valence-electron chi connectivity index (χ3n) is 5.01. The second-order valence-electron chi connectivity index (χ2n) is 7.61. The van der Waals surface area contributed by atoms with E-state index in [-0.39, 0.29) is 6.61 Å². The molecule has 0 aliphatic heterocycles. The second kappa shape index (κ2) is 15.0. The molecule has 0 aliphatic rings. The summed E-state index contributed by atoms with van der Waals surface area (Å²) in [6.07, 6.45) is 0.249. The van der Waals surface area contributed by atoms with Crippen LogP contribution in [0.4, 0.5) is 0 Å². The van der Waals surface area contributed by atoms with Gasteiger partial charge in [0, 0.05) is 6.54 Å². The average Bonchev–Trinajstić information content (AvgIpc) is 2.90. The van der Waals surface area contributed by atoms with Crippen molar-refractivity contribution in [2.24, 2.45) is 0 Å². The molecule has 0 bridgehead atoms. The van der Waals surface area contributed by atoms with Crippen molar-refractivity contribution in [3.63, 3.8) is 0 Å². The molecule has 1 unspecified atom stereocenters. The van der Waals surface area contributed by atoms with Crippen molar-refractivity contribution >= 4 is 11.9 Å². The van der Waals surface area contributed by atoms with Crippen LogP contribution in [0.2, 0.25) is 0 Å². The minimum absolute atomic E-state index is 0.244. The van der Waals surface area contributed by atoms with Crippen LogP contribution < -0.4 is 19.5 Å². The SMILES string of the molecule is COc1ccc(CCNCC(O)COc2ccc(-c3ccccc3)cc2)cc1OC.O=C(O)C(=O)O. The van der Waals surface area contributed by atoms with Gasteiger partial charge >= 0.3 is 11.9 Å². The van der Waals surface area contributed by atoms with Crippen LogP contribution in [0.1, 0.15) is 5.56 Å². The molecule has 9 heteroatoms. The van der Waals surface area contributed by atoms with Crippen LogP contribution in [0, 0.1) is 0 Å². The monoisotopic (exact) mass is 497 g/mol. The van der Waals surface area contributed by atoms with Crippen LogP contribution in [-0.4, -0.2) is 67.3 Å². The summed E-state index contributed by atoms with van der Waals surface area (Å²) >= 11 is 0.